The smallest absolute Gasteiger partial charge is 0.309 e. The third-order valence-electron chi connectivity index (χ3n) is 3.51. The van der Waals surface area contributed by atoms with E-state index in [1.807, 2.05) is 12.2 Å². The Morgan fingerprint density at radius 3 is 2.46 bits per heavy atom. The van der Waals surface area contributed by atoms with Gasteiger partial charge in [-0.25, -0.2) is 13.2 Å². The number of hydrogen-bond acceptors (Lipinski definition) is 4. The summed E-state index contributed by atoms with van der Waals surface area (Å²) >= 11 is 0. The van der Waals surface area contributed by atoms with Crippen LogP contribution in [0, 0.1) is 29.3 Å². The highest BCUT2D eigenvalue weighted by molar-refractivity contribution is 5.95. The second-order valence-electron chi connectivity index (χ2n) is 5.48. The van der Waals surface area contributed by atoms with Gasteiger partial charge >= 0.3 is 5.97 Å². The van der Waals surface area contributed by atoms with E-state index < -0.39 is 54.1 Å². The molecular weight excluding hydrogens is 329 g/mol. The van der Waals surface area contributed by atoms with E-state index in [-0.39, 0.29) is 11.8 Å². The van der Waals surface area contributed by atoms with E-state index in [4.69, 9.17) is 4.74 Å². The third-order valence-corrected chi connectivity index (χ3v) is 3.51. The molecule has 1 saturated carbocycles. The lowest BCUT2D eigenvalue weighted by atomic mass is 10.2. The van der Waals surface area contributed by atoms with Crippen LogP contribution >= 0.6 is 0 Å². The van der Waals surface area contributed by atoms with Crippen LogP contribution in [0.15, 0.2) is 12.1 Å². The lowest BCUT2D eigenvalue weighted by molar-refractivity contribution is -0.150. The maximum atomic E-state index is 13.4. The lowest BCUT2D eigenvalue weighted by Gasteiger charge is -2.09. The van der Waals surface area contributed by atoms with Crippen LogP contribution in [0.2, 0.25) is 0 Å². The fraction of sp³-hybridized carbons (Fsp3) is 0.400. The van der Waals surface area contributed by atoms with Crippen molar-refractivity contribution in [1.82, 2.24) is 5.32 Å². The number of carbonyl (C=O) groups excluding carboxylic acids is 3. The molecule has 0 spiro atoms. The molecular formula is C15H15F3N2O4. The number of amides is 2. The van der Waals surface area contributed by atoms with Crippen molar-refractivity contribution >= 4 is 23.5 Å². The van der Waals surface area contributed by atoms with Crippen LogP contribution in [0.25, 0.3) is 0 Å². The highest BCUT2D eigenvalue weighted by Gasteiger charge is 2.40. The maximum absolute atomic E-state index is 13.4. The number of anilines is 1. The van der Waals surface area contributed by atoms with Gasteiger partial charge in [-0.15, -0.1) is 0 Å². The van der Waals surface area contributed by atoms with E-state index in [9.17, 15) is 27.6 Å². The number of benzene rings is 1. The number of halogens is 3. The molecule has 1 aromatic carbocycles. The first-order chi connectivity index (χ1) is 11.3. The van der Waals surface area contributed by atoms with Crippen LogP contribution in [0.3, 0.4) is 0 Å². The molecule has 1 aliphatic rings. The number of esters is 1. The Morgan fingerprint density at radius 2 is 1.83 bits per heavy atom. The van der Waals surface area contributed by atoms with Crippen LogP contribution in [-0.2, 0) is 19.1 Å². The SMILES string of the molecule is C[C@@H]1C[C@@H]1C(=O)OCC(=O)NCC(=O)Nc1ccc(F)c(F)c1F. The molecule has 2 atom stereocenters. The van der Waals surface area contributed by atoms with Crippen molar-refractivity contribution < 1.29 is 32.3 Å². The Bertz CT molecular complexity index is 681. The molecule has 1 aromatic rings. The second-order valence-corrected chi connectivity index (χ2v) is 5.48. The monoisotopic (exact) mass is 344 g/mol. The van der Waals surface area contributed by atoms with Gasteiger partial charge < -0.3 is 15.4 Å². The van der Waals surface area contributed by atoms with Gasteiger partial charge in [0.1, 0.15) is 0 Å². The molecule has 6 nitrogen and oxygen atoms in total. The number of nitrogens with one attached hydrogen (secondary N) is 2. The van der Waals surface area contributed by atoms with Crippen LogP contribution in [0.5, 0.6) is 0 Å². The predicted octanol–water partition coefficient (Wildman–Crippen LogP) is 1.36. The summed E-state index contributed by atoms with van der Waals surface area (Å²) in [7, 11) is 0. The summed E-state index contributed by atoms with van der Waals surface area (Å²) in [6.07, 6.45) is 0.725. The minimum Gasteiger partial charge on any atom is -0.455 e. The lowest BCUT2D eigenvalue weighted by Crippen LogP contribution is -2.36. The van der Waals surface area contributed by atoms with E-state index in [1.165, 1.54) is 0 Å². The normalized spacial score (nSPS) is 18.7. The minimum absolute atomic E-state index is 0.183. The number of carbonyl (C=O) groups is 3. The summed E-state index contributed by atoms with van der Waals surface area (Å²) in [6, 6.07) is 1.51. The molecule has 24 heavy (non-hydrogen) atoms. The summed E-state index contributed by atoms with van der Waals surface area (Å²) in [5.74, 6) is -6.60. The molecule has 9 heteroatoms. The molecule has 0 aromatic heterocycles. The maximum Gasteiger partial charge on any atom is 0.309 e. The molecule has 0 heterocycles. The Morgan fingerprint density at radius 1 is 1.17 bits per heavy atom. The fourth-order valence-electron chi connectivity index (χ4n) is 1.94. The zero-order chi connectivity index (χ0) is 17.9. The van der Waals surface area contributed by atoms with Gasteiger partial charge in [0.15, 0.2) is 24.1 Å². The minimum atomic E-state index is -1.71. The molecule has 130 valence electrons. The van der Waals surface area contributed by atoms with E-state index in [1.54, 1.807) is 0 Å². The number of rotatable bonds is 6. The van der Waals surface area contributed by atoms with Crippen molar-refractivity contribution in [3.05, 3.63) is 29.6 Å². The summed E-state index contributed by atoms with van der Waals surface area (Å²) < 4.78 is 43.9. The van der Waals surface area contributed by atoms with Crippen molar-refractivity contribution in [3.8, 4) is 0 Å². The summed E-state index contributed by atoms with van der Waals surface area (Å²) in [5.41, 5.74) is -0.553. The Labute approximate surface area is 135 Å². The van der Waals surface area contributed by atoms with Gasteiger partial charge in [-0.3, -0.25) is 14.4 Å². The van der Waals surface area contributed by atoms with Crippen molar-refractivity contribution in [2.75, 3.05) is 18.5 Å². The molecule has 0 aliphatic heterocycles. The van der Waals surface area contributed by atoms with Gasteiger partial charge in [-0.2, -0.15) is 0 Å². The fourth-order valence-corrected chi connectivity index (χ4v) is 1.94. The average Bonchev–Trinajstić information content (AvgIpc) is 3.28. The molecule has 1 aliphatic carbocycles. The second kappa shape index (κ2) is 7.33. The first-order valence-corrected chi connectivity index (χ1v) is 7.16. The molecule has 0 bridgehead atoms. The zero-order valence-electron chi connectivity index (χ0n) is 12.7. The first-order valence-electron chi connectivity index (χ1n) is 7.16. The molecule has 2 N–H and O–H groups in total. The average molecular weight is 344 g/mol. The first kappa shape index (κ1) is 17.8. The largest absolute Gasteiger partial charge is 0.455 e. The van der Waals surface area contributed by atoms with Crippen LogP contribution in [0.4, 0.5) is 18.9 Å². The highest BCUT2D eigenvalue weighted by atomic mass is 19.2. The number of hydrogen-bond donors (Lipinski definition) is 2. The van der Waals surface area contributed by atoms with Crippen LogP contribution in [0.1, 0.15) is 13.3 Å². The molecule has 2 amide bonds. The van der Waals surface area contributed by atoms with Gasteiger partial charge in [-0.05, 0) is 24.5 Å². The summed E-state index contributed by atoms with van der Waals surface area (Å²) in [4.78, 5) is 34.4. The third kappa shape index (κ3) is 4.46. The van der Waals surface area contributed by atoms with Crippen molar-refractivity contribution in [3.63, 3.8) is 0 Å². The van der Waals surface area contributed by atoms with Crippen LogP contribution < -0.4 is 10.6 Å². The highest BCUT2D eigenvalue weighted by Crippen LogP contribution is 2.38. The van der Waals surface area contributed by atoms with E-state index >= 15 is 0 Å². The predicted molar refractivity (Wildman–Crippen MR) is 76.2 cm³/mol. The zero-order valence-corrected chi connectivity index (χ0v) is 12.7. The van der Waals surface area contributed by atoms with Gasteiger partial charge in [0.25, 0.3) is 5.91 Å². The quantitative estimate of drug-likeness (QED) is 0.603. The van der Waals surface area contributed by atoms with E-state index in [2.05, 4.69) is 5.32 Å². The Kier molecular flexibility index (Phi) is 5.42. The van der Waals surface area contributed by atoms with Crippen molar-refractivity contribution in [2.45, 2.75) is 13.3 Å². The topological polar surface area (TPSA) is 84.5 Å². The van der Waals surface area contributed by atoms with Gasteiger partial charge in [0.2, 0.25) is 5.91 Å². The van der Waals surface area contributed by atoms with Gasteiger partial charge in [0.05, 0.1) is 18.2 Å². The van der Waals surface area contributed by atoms with Crippen LogP contribution in [-0.4, -0.2) is 30.9 Å². The molecule has 1 fully saturated rings. The Balaban J connectivity index is 1.74. The Hall–Kier alpha value is -2.58. The van der Waals surface area contributed by atoms with E-state index in [0.29, 0.717) is 6.07 Å². The van der Waals surface area contributed by atoms with Gasteiger partial charge in [0, 0.05) is 0 Å². The molecule has 0 saturated heterocycles. The molecule has 2 rings (SSSR count). The molecule has 0 unspecified atom stereocenters. The molecule has 0 radical (unpaired) electrons. The van der Waals surface area contributed by atoms with E-state index in [0.717, 1.165) is 12.5 Å². The standard InChI is InChI=1S/C15H15F3N2O4/c1-7-4-8(7)15(23)24-6-12(22)19-5-11(21)20-10-3-2-9(16)13(17)14(10)18/h2-3,7-8H,4-6H2,1H3,(H,19,22)(H,20,21)/t7-,8+/m1/s1. The van der Waals surface area contributed by atoms with Gasteiger partial charge in [-0.1, -0.05) is 6.92 Å². The van der Waals surface area contributed by atoms with Crippen molar-refractivity contribution in [2.24, 2.45) is 11.8 Å². The van der Waals surface area contributed by atoms with Crippen molar-refractivity contribution in [1.29, 1.82) is 0 Å². The number of ether oxygens (including phenoxy) is 1. The summed E-state index contributed by atoms with van der Waals surface area (Å²) in [5, 5.41) is 4.15. The summed E-state index contributed by atoms with van der Waals surface area (Å²) in [6.45, 7) is 0.803.